The molecule has 0 N–H and O–H groups in total. The van der Waals surface area contributed by atoms with Crippen LogP contribution in [0.2, 0.25) is 0 Å². The second-order valence-electron chi connectivity index (χ2n) is 5.29. The fraction of sp³-hybridized carbons (Fsp3) is 0.278. The fourth-order valence-corrected chi connectivity index (χ4v) is 2.75. The van der Waals surface area contributed by atoms with Crippen LogP contribution in [-0.2, 0) is 0 Å². The van der Waals surface area contributed by atoms with Gasteiger partial charge in [-0.1, -0.05) is 18.2 Å². The quantitative estimate of drug-likeness (QED) is 0.854. The van der Waals surface area contributed by atoms with Crippen LogP contribution in [0.25, 0.3) is 0 Å². The van der Waals surface area contributed by atoms with Gasteiger partial charge in [0.2, 0.25) is 0 Å². The summed E-state index contributed by atoms with van der Waals surface area (Å²) in [6, 6.07) is 15.1. The van der Waals surface area contributed by atoms with E-state index in [-0.39, 0.29) is 11.9 Å². The first-order valence-corrected chi connectivity index (χ1v) is 7.37. The first kappa shape index (κ1) is 14.4. The third-order valence-corrected chi connectivity index (χ3v) is 4.02. The molecule has 114 valence electrons. The lowest BCUT2D eigenvalue weighted by Gasteiger charge is -2.27. The highest BCUT2D eigenvalue weighted by molar-refractivity contribution is 5.94. The van der Waals surface area contributed by atoms with E-state index in [1.165, 1.54) is 0 Å². The Morgan fingerprint density at radius 1 is 1.18 bits per heavy atom. The Morgan fingerprint density at radius 3 is 2.64 bits per heavy atom. The van der Waals surface area contributed by atoms with Gasteiger partial charge in [0.05, 0.1) is 19.7 Å². The van der Waals surface area contributed by atoms with Crippen molar-refractivity contribution in [3.05, 3.63) is 59.7 Å². The molecule has 0 aliphatic carbocycles. The molecule has 1 unspecified atom stereocenters. The molecule has 2 aromatic carbocycles. The zero-order valence-electron chi connectivity index (χ0n) is 12.8. The highest BCUT2D eigenvalue weighted by Gasteiger charge is 2.27. The number of carbonyl (C=O) groups is 1. The number of ether oxygens (including phenoxy) is 2. The van der Waals surface area contributed by atoms with Crippen molar-refractivity contribution in [2.45, 2.75) is 13.0 Å². The SMILES string of the molecule is COc1ccc(C(=O)N2CCOc3ccccc3C2C)cc1. The van der Waals surface area contributed by atoms with E-state index in [1.54, 1.807) is 31.4 Å². The van der Waals surface area contributed by atoms with Gasteiger partial charge >= 0.3 is 0 Å². The number of carbonyl (C=O) groups excluding carboxylic acids is 1. The summed E-state index contributed by atoms with van der Waals surface area (Å²) in [4.78, 5) is 14.7. The second-order valence-corrected chi connectivity index (χ2v) is 5.29. The van der Waals surface area contributed by atoms with Crippen LogP contribution in [0.1, 0.15) is 28.9 Å². The smallest absolute Gasteiger partial charge is 0.254 e. The zero-order valence-corrected chi connectivity index (χ0v) is 12.8. The van der Waals surface area contributed by atoms with Crippen molar-refractivity contribution < 1.29 is 14.3 Å². The monoisotopic (exact) mass is 297 g/mol. The van der Waals surface area contributed by atoms with Crippen LogP contribution < -0.4 is 9.47 Å². The average molecular weight is 297 g/mol. The van der Waals surface area contributed by atoms with Crippen LogP contribution >= 0.6 is 0 Å². The van der Waals surface area contributed by atoms with E-state index in [0.29, 0.717) is 18.7 Å². The third kappa shape index (κ3) is 2.64. The van der Waals surface area contributed by atoms with Gasteiger partial charge < -0.3 is 14.4 Å². The molecule has 1 aliphatic rings. The van der Waals surface area contributed by atoms with Crippen molar-refractivity contribution in [1.82, 2.24) is 4.90 Å². The molecule has 0 radical (unpaired) electrons. The normalized spacial score (nSPS) is 17.2. The lowest BCUT2D eigenvalue weighted by atomic mass is 10.0. The van der Waals surface area contributed by atoms with Crippen LogP contribution in [-0.4, -0.2) is 31.1 Å². The molecule has 0 spiro atoms. The molecule has 0 bridgehead atoms. The summed E-state index contributed by atoms with van der Waals surface area (Å²) in [5.41, 5.74) is 1.70. The molecular formula is C18H19NO3. The maximum absolute atomic E-state index is 12.8. The van der Waals surface area contributed by atoms with E-state index in [4.69, 9.17) is 9.47 Å². The van der Waals surface area contributed by atoms with Crippen LogP contribution in [0.5, 0.6) is 11.5 Å². The number of amides is 1. The Labute approximate surface area is 130 Å². The predicted molar refractivity (Wildman–Crippen MR) is 84.4 cm³/mol. The maximum atomic E-state index is 12.8. The summed E-state index contributed by atoms with van der Waals surface area (Å²) in [5.74, 6) is 1.62. The summed E-state index contributed by atoms with van der Waals surface area (Å²) in [7, 11) is 1.61. The van der Waals surface area contributed by atoms with Gasteiger partial charge in [-0.3, -0.25) is 4.79 Å². The molecule has 1 amide bonds. The van der Waals surface area contributed by atoms with Crippen molar-refractivity contribution in [2.75, 3.05) is 20.3 Å². The molecular weight excluding hydrogens is 278 g/mol. The van der Waals surface area contributed by atoms with E-state index >= 15 is 0 Å². The van der Waals surface area contributed by atoms with Crippen molar-refractivity contribution in [3.8, 4) is 11.5 Å². The minimum atomic E-state index is -0.0201. The van der Waals surface area contributed by atoms with E-state index in [1.807, 2.05) is 36.1 Å². The summed E-state index contributed by atoms with van der Waals surface area (Å²) >= 11 is 0. The van der Waals surface area contributed by atoms with Crippen LogP contribution in [0.3, 0.4) is 0 Å². The third-order valence-electron chi connectivity index (χ3n) is 4.02. The van der Waals surface area contributed by atoms with Crippen LogP contribution in [0.15, 0.2) is 48.5 Å². The fourth-order valence-electron chi connectivity index (χ4n) is 2.75. The number of nitrogens with zero attached hydrogens (tertiary/aromatic N) is 1. The summed E-state index contributed by atoms with van der Waals surface area (Å²) in [6.45, 7) is 3.11. The van der Waals surface area contributed by atoms with Gasteiger partial charge in [-0.05, 0) is 37.3 Å². The number of benzene rings is 2. The highest BCUT2D eigenvalue weighted by atomic mass is 16.5. The molecule has 1 heterocycles. The second kappa shape index (κ2) is 6.10. The summed E-state index contributed by atoms with van der Waals surface area (Å²) < 4.78 is 10.9. The molecule has 0 fully saturated rings. The number of fused-ring (bicyclic) bond motifs is 1. The van der Waals surface area contributed by atoms with Crippen molar-refractivity contribution in [1.29, 1.82) is 0 Å². The van der Waals surface area contributed by atoms with Crippen molar-refractivity contribution >= 4 is 5.91 Å². The molecule has 2 aromatic rings. The van der Waals surface area contributed by atoms with E-state index < -0.39 is 0 Å². The molecule has 0 saturated carbocycles. The molecule has 1 atom stereocenters. The molecule has 3 rings (SSSR count). The average Bonchev–Trinajstić information content (AvgIpc) is 2.74. The van der Waals surface area contributed by atoms with E-state index in [0.717, 1.165) is 17.1 Å². The van der Waals surface area contributed by atoms with Crippen molar-refractivity contribution in [3.63, 3.8) is 0 Å². The maximum Gasteiger partial charge on any atom is 0.254 e. The molecule has 4 nitrogen and oxygen atoms in total. The first-order valence-electron chi connectivity index (χ1n) is 7.37. The Hall–Kier alpha value is -2.49. The standard InChI is InChI=1S/C18H19NO3/c1-13-16-5-3-4-6-17(16)22-12-11-19(13)18(20)14-7-9-15(21-2)10-8-14/h3-10,13H,11-12H2,1-2H3. The minimum Gasteiger partial charge on any atom is -0.497 e. The topological polar surface area (TPSA) is 38.8 Å². The lowest BCUT2D eigenvalue weighted by molar-refractivity contribution is 0.0682. The largest absolute Gasteiger partial charge is 0.497 e. The van der Waals surface area contributed by atoms with Gasteiger partial charge in [0.25, 0.3) is 5.91 Å². The lowest BCUT2D eigenvalue weighted by Crippen LogP contribution is -2.35. The summed E-state index contributed by atoms with van der Waals surface area (Å²) in [6.07, 6.45) is 0. The molecule has 4 heteroatoms. The predicted octanol–water partition coefficient (Wildman–Crippen LogP) is 3.29. The van der Waals surface area contributed by atoms with Gasteiger partial charge in [-0.15, -0.1) is 0 Å². The molecule has 0 saturated heterocycles. The van der Waals surface area contributed by atoms with Crippen molar-refractivity contribution in [2.24, 2.45) is 0 Å². The molecule has 22 heavy (non-hydrogen) atoms. The molecule has 1 aliphatic heterocycles. The first-order chi connectivity index (χ1) is 10.7. The molecule has 0 aromatic heterocycles. The Morgan fingerprint density at radius 2 is 1.91 bits per heavy atom. The van der Waals surface area contributed by atoms with E-state index in [9.17, 15) is 4.79 Å². The summed E-state index contributed by atoms with van der Waals surface area (Å²) in [5, 5.41) is 0. The Kier molecular flexibility index (Phi) is 4.00. The van der Waals surface area contributed by atoms with Gasteiger partial charge in [0.1, 0.15) is 18.1 Å². The number of hydrogen-bond donors (Lipinski definition) is 0. The highest BCUT2D eigenvalue weighted by Crippen LogP contribution is 2.32. The minimum absolute atomic E-state index is 0.00968. The number of hydrogen-bond acceptors (Lipinski definition) is 3. The van der Waals surface area contributed by atoms with E-state index in [2.05, 4.69) is 0 Å². The van der Waals surface area contributed by atoms with Crippen LogP contribution in [0.4, 0.5) is 0 Å². The van der Waals surface area contributed by atoms with Crippen LogP contribution in [0, 0.1) is 0 Å². The number of para-hydroxylation sites is 1. The van der Waals surface area contributed by atoms with Gasteiger partial charge in [0.15, 0.2) is 0 Å². The Bertz CT molecular complexity index is 666. The van der Waals surface area contributed by atoms with Gasteiger partial charge in [-0.25, -0.2) is 0 Å². The van der Waals surface area contributed by atoms with Gasteiger partial charge in [-0.2, -0.15) is 0 Å². The Balaban J connectivity index is 1.88. The number of methoxy groups -OCH3 is 1. The number of rotatable bonds is 2. The van der Waals surface area contributed by atoms with Gasteiger partial charge in [0, 0.05) is 11.1 Å². The zero-order chi connectivity index (χ0) is 15.5.